The van der Waals surface area contributed by atoms with Gasteiger partial charge in [-0.1, -0.05) is 45.6 Å². The van der Waals surface area contributed by atoms with Gasteiger partial charge in [0.2, 0.25) is 0 Å². The molecule has 1 nitrogen and oxygen atoms in total. The normalized spacial score (nSPS) is 14.3. The topological polar surface area (TPSA) is 20.2 Å². The van der Waals surface area contributed by atoms with Crippen LogP contribution in [0.5, 0.6) is 0 Å². The molecule has 0 saturated heterocycles. The van der Waals surface area contributed by atoms with Crippen molar-refractivity contribution in [2.24, 2.45) is 5.92 Å². The summed E-state index contributed by atoms with van der Waals surface area (Å²) in [4.78, 5) is 0.889. The molecule has 0 amide bonds. The third-order valence-corrected chi connectivity index (χ3v) is 4.53. The summed E-state index contributed by atoms with van der Waals surface area (Å²) in [5, 5.41) is 10.1. The van der Waals surface area contributed by atoms with Crippen molar-refractivity contribution in [3.8, 4) is 0 Å². The SMILES string of the molecule is CCCCC(CC)CC(O)CSc1cccc(F)c1. The molecule has 1 aromatic rings. The Balaban J connectivity index is 2.32. The highest BCUT2D eigenvalue weighted by Crippen LogP contribution is 2.24. The Morgan fingerprint density at radius 1 is 1.32 bits per heavy atom. The lowest BCUT2D eigenvalue weighted by Crippen LogP contribution is -2.15. The molecule has 2 atom stereocenters. The fourth-order valence-electron chi connectivity index (χ4n) is 2.18. The van der Waals surface area contributed by atoms with E-state index in [1.165, 1.54) is 43.2 Å². The third kappa shape index (κ3) is 6.98. The van der Waals surface area contributed by atoms with Gasteiger partial charge in [-0.15, -0.1) is 11.8 Å². The molecule has 1 aromatic carbocycles. The van der Waals surface area contributed by atoms with E-state index >= 15 is 0 Å². The van der Waals surface area contributed by atoms with Crippen molar-refractivity contribution >= 4 is 11.8 Å². The van der Waals surface area contributed by atoms with Gasteiger partial charge in [0.15, 0.2) is 0 Å². The number of aliphatic hydroxyl groups excluding tert-OH is 1. The van der Waals surface area contributed by atoms with Gasteiger partial charge in [0.25, 0.3) is 0 Å². The zero-order valence-corrected chi connectivity index (χ0v) is 12.8. The molecule has 0 aliphatic rings. The molecule has 2 unspecified atom stereocenters. The van der Waals surface area contributed by atoms with E-state index in [2.05, 4.69) is 13.8 Å². The first-order chi connectivity index (χ1) is 9.15. The summed E-state index contributed by atoms with van der Waals surface area (Å²) in [6.45, 7) is 4.38. The van der Waals surface area contributed by atoms with Crippen LogP contribution in [0.25, 0.3) is 0 Å². The Morgan fingerprint density at radius 2 is 2.11 bits per heavy atom. The average Bonchev–Trinajstić information content (AvgIpc) is 2.41. The van der Waals surface area contributed by atoms with Crippen molar-refractivity contribution in [3.05, 3.63) is 30.1 Å². The second-order valence-electron chi connectivity index (χ2n) is 5.07. The minimum atomic E-state index is -0.296. The lowest BCUT2D eigenvalue weighted by molar-refractivity contribution is 0.159. The van der Waals surface area contributed by atoms with E-state index in [4.69, 9.17) is 0 Å². The minimum absolute atomic E-state index is 0.214. The van der Waals surface area contributed by atoms with Crippen LogP contribution in [0.15, 0.2) is 29.2 Å². The zero-order valence-electron chi connectivity index (χ0n) is 11.9. The van der Waals surface area contributed by atoms with Gasteiger partial charge in [-0.2, -0.15) is 0 Å². The van der Waals surface area contributed by atoms with Crippen molar-refractivity contribution in [3.63, 3.8) is 0 Å². The molecular formula is C16H25FOS. The van der Waals surface area contributed by atoms with Gasteiger partial charge in [-0.3, -0.25) is 0 Å². The van der Waals surface area contributed by atoms with Crippen LogP contribution < -0.4 is 0 Å². The second-order valence-corrected chi connectivity index (χ2v) is 6.17. The van der Waals surface area contributed by atoms with Crippen LogP contribution in [0, 0.1) is 11.7 Å². The van der Waals surface area contributed by atoms with E-state index < -0.39 is 0 Å². The predicted octanol–water partition coefficient (Wildman–Crippen LogP) is 4.89. The standard InChI is InChI=1S/C16H25FOS/c1-3-5-7-13(4-2)10-15(18)12-19-16-9-6-8-14(17)11-16/h6,8-9,11,13,15,18H,3-5,7,10,12H2,1-2H3. The molecule has 3 heteroatoms. The summed E-state index contributed by atoms with van der Waals surface area (Å²) in [7, 11) is 0. The molecule has 0 bridgehead atoms. The van der Waals surface area contributed by atoms with Crippen molar-refractivity contribution in [2.75, 3.05) is 5.75 Å². The van der Waals surface area contributed by atoms with Crippen LogP contribution in [-0.2, 0) is 0 Å². The van der Waals surface area contributed by atoms with E-state index in [1.807, 2.05) is 6.07 Å². The summed E-state index contributed by atoms with van der Waals surface area (Å²) in [5.74, 6) is 1.04. The zero-order chi connectivity index (χ0) is 14.1. The molecule has 108 valence electrons. The van der Waals surface area contributed by atoms with E-state index in [0.717, 1.165) is 17.7 Å². The maximum absolute atomic E-state index is 13.0. The van der Waals surface area contributed by atoms with Gasteiger partial charge in [-0.05, 0) is 30.5 Å². The molecule has 1 N–H and O–H groups in total. The molecule has 0 heterocycles. The Hall–Kier alpha value is -0.540. The summed E-state index contributed by atoms with van der Waals surface area (Å²) in [5.41, 5.74) is 0. The first-order valence-corrected chi connectivity index (χ1v) is 8.20. The molecule has 19 heavy (non-hydrogen) atoms. The van der Waals surface area contributed by atoms with E-state index in [-0.39, 0.29) is 11.9 Å². The highest BCUT2D eigenvalue weighted by Gasteiger charge is 2.13. The molecule has 0 radical (unpaired) electrons. The van der Waals surface area contributed by atoms with Crippen LogP contribution >= 0.6 is 11.8 Å². The highest BCUT2D eigenvalue weighted by atomic mass is 32.2. The summed E-state index contributed by atoms with van der Waals surface area (Å²) < 4.78 is 13.0. The summed E-state index contributed by atoms with van der Waals surface area (Å²) >= 11 is 1.53. The molecule has 1 rings (SSSR count). The molecule has 0 saturated carbocycles. The smallest absolute Gasteiger partial charge is 0.124 e. The summed E-state index contributed by atoms with van der Waals surface area (Å²) in [6, 6.07) is 6.55. The quantitative estimate of drug-likeness (QED) is 0.652. The maximum atomic E-state index is 13.0. The van der Waals surface area contributed by atoms with Gasteiger partial charge in [0.1, 0.15) is 5.82 Å². The molecular weight excluding hydrogens is 259 g/mol. The van der Waals surface area contributed by atoms with E-state index in [1.54, 1.807) is 6.07 Å². The van der Waals surface area contributed by atoms with Gasteiger partial charge < -0.3 is 5.11 Å². The average molecular weight is 284 g/mol. The van der Waals surface area contributed by atoms with Crippen molar-refractivity contribution < 1.29 is 9.50 Å². The van der Waals surface area contributed by atoms with Crippen molar-refractivity contribution in [2.45, 2.75) is 57.0 Å². The van der Waals surface area contributed by atoms with Crippen LogP contribution in [0.4, 0.5) is 4.39 Å². The molecule has 0 fully saturated rings. The largest absolute Gasteiger partial charge is 0.392 e. The fourth-order valence-corrected chi connectivity index (χ4v) is 3.08. The molecule has 0 aliphatic carbocycles. The number of benzene rings is 1. The number of thioether (sulfide) groups is 1. The first kappa shape index (κ1) is 16.5. The molecule has 0 spiro atoms. The summed E-state index contributed by atoms with van der Waals surface area (Å²) in [6.07, 6.45) is 5.34. The predicted molar refractivity (Wildman–Crippen MR) is 81.1 cm³/mol. The number of unbranched alkanes of at least 4 members (excludes halogenated alkanes) is 1. The number of aliphatic hydroxyl groups is 1. The van der Waals surface area contributed by atoms with E-state index in [0.29, 0.717) is 11.7 Å². The van der Waals surface area contributed by atoms with Crippen LogP contribution in [0.3, 0.4) is 0 Å². The minimum Gasteiger partial charge on any atom is -0.392 e. The Morgan fingerprint density at radius 3 is 2.74 bits per heavy atom. The van der Waals surface area contributed by atoms with Crippen LogP contribution in [-0.4, -0.2) is 17.0 Å². The van der Waals surface area contributed by atoms with Crippen molar-refractivity contribution in [1.29, 1.82) is 0 Å². The third-order valence-electron chi connectivity index (χ3n) is 3.39. The molecule has 0 aromatic heterocycles. The van der Waals surface area contributed by atoms with Gasteiger partial charge >= 0.3 is 0 Å². The van der Waals surface area contributed by atoms with Crippen molar-refractivity contribution in [1.82, 2.24) is 0 Å². The van der Waals surface area contributed by atoms with Crippen LogP contribution in [0.1, 0.15) is 46.0 Å². The number of hydrogen-bond donors (Lipinski definition) is 1. The second kappa shape index (κ2) is 9.38. The monoisotopic (exact) mass is 284 g/mol. The Labute approximate surface area is 120 Å². The van der Waals surface area contributed by atoms with Gasteiger partial charge in [-0.25, -0.2) is 4.39 Å². The first-order valence-electron chi connectivity index (χ1n) is 7.22. The highest BCUT2D eigenvalue weighted by molar-refractivity contribution is 7.99. The lowest BCUT2D eigenvalue weighted by atomic mass is 9.94. The number of rotatable bonds is 9. The lowest BCUT2D eigenvalue weighted by Gasteiger charge is -2.18. The molecule has 0 aliphatic heterocycles. The van der Waals surface area contributed by atoms with Crippen LogP contribution in [0.2, 0.25) is 0 Å². The maximum Gasteiger partial charge on any atom is 0.124 e. The van der Waals surface area contributed by atoms with Gasteiger partial charge in [0, 0.05) is 10.6 Å². The Kier molecular flexibility index (Phi) is 8.15. The fraction of sp³-hybridized carbons (Fsp3) is 0.625. The van der Waals surface area contributed by atoms with Gasteiger partial charge in [0.05, 0.1) is 6.10 Å². The van der Waals surface area contributed by atoms with E-state index in [9.17, 15) is 9.50 Å². The Bertz CT molecular complexity index is 356. The number of halogens is 1. The number of hydrogen-bond acceptors (Lipinski definition) is 2.